The monoisotopic (exact) mass is 188 g/mol. The molecule has 3 N–H and O–H groups in total. The molecule has 1 heterocycles. The van der Waals surface area contributed by atoms with Gasteiger partial charge in [0.1, 0.15) is 0 Å². The summed E-state index contributed by atoms with van der Waals surface area (Å²) in [4.78, 5) is 3.72. The van der Waals surface area contributed by atoms with E-state index in [-0.39, 0.29) is 24.4 Å². The summed E-state index contributed by atoms with van der Waals surface area (Å²) in [6, 6.07) is 1.22. The fourth-order valence-corrected chi connectivity index (χ4v) is 1.00. The fraction of sp³-hybridized carbons (Fsp3) is 0.375. The Morgan fingerprint density at radius 1 is 1.54 bits per heavy atom. The van der Waals surface area contributed by atoms with Gasteiger partial charge in [-0.15, -0.1) is 0 Å². The Bertz CT molecular complexity index is 291. The number of halogens is 2. The zero-order valence-corrected chi connectivity index (χ0v) is 6.87. The van der Waals surface area contributed by atoms with Crippen molar-refractivity contribution in [1.29, 1.82) is 0 Å². The predicted molar refractivity (Wildman–Crippen MR) is 43.0 cm³/mol. The van der Waals surface area contributed by atoms with Crippen LogP contribution in [0, 0.1) is 0 Å². The highest BCUT2D eigenvalue weighted by Crippen LogP contribution is 2.22. The number of rotatable bonds is 3. The summed E-state index contributed by atoms with van der Waals surface area (Å²) < 4.78 is 24.7. The van der Waals surface area contributed by atoms with E-state index in [2.05, 4.69) is 4.98 Å². The highest BCUT2D eigenvalue weighted by molar-refractivity contribution is 5.26. The molecule has 0 fully saturated rings. The lowest BCUT2D eigenvalue weighted by atomic mass is 10.1. The molecule has 0 unspecified atom stereocenters. The zero-order chi connectivity index (χ0) is 9.84. The second-order valence-electron chi connectivity index (χ2n) is 2.54. The van der Waals surface area contributed by atoms with Gasteiger partial charge < -0.3 is 10.8 Å². The number of aliphatic hydroxyl groups excluding tert-OH is 1. The third-order valence-electron chi connectivity index (χ3n) is 1.67. The SMILES string of the molecule is NCc1ncc(CO)cc1C(F)F. The van der Waals surface area contributed by atoms with E-state index in [4.69, 9.17) is 10.8 Å². The van der Waals surface area contributed by atoms with Crippen molar-refractivity contribution in [2.24, 2.45) is 5.73 Å². The number of aliphatic hydroxyl groups is 1. The maximum Gasteiger partial charge on any atom is 0.265 e. The second kappa shape index (κ2) is 4.25. The van der Waals surface area contributed by atoms with Crippen LogP contribution in [-0.2, 0) is 13.2 Å². The minimum atomic E-state index is -2.60. The Labute approximate surface area is 74.2 Å². The normalized spacial score (nSPS) is 10.8. The molecular weight excluding hydrogens is 178 g/mol. The van der Waals surface area contributed by atoms with E-state index in [1.54, 1.807) is 0 Å². The molecule has 0 atom stereocenters. The summed E-state index contributed by atoms with van der Waals surface area (Å²) >= 11 is 0. The highest BCUT2D eigenvalue weighted by Gasteiger charge is 2.13. The summed E-state index contributed by atoms with van der Waals surface area (Å²) in [5.74, 6) is 0. The smallest absolute Gasteiger partial charge is 0.265 e. The molecular formula is C8H10F2N2O. The van der Waals surface area contributed by atoms with Crippen LogP contribution in [0.2, 0.25) is 0 Å². The summed E-state index contributed by atoms with van der Waals surface area (Å²) in [5, 5.41) is 8.69. The number of hydrogen-bond acceptors (Lipinski definition) is 3. The van der Waals surface area contributed by atoms with Crippen LogP contribution in [0.25, 0.3) is 0 Å². The minimum absolute atomic E-state index is 0.0224. The molecule has 0 amide bonds. The Balaban J connectivity index is 3.10. The van der Waals surface area contributed by atoms with Crippen molar-refractivity contribution in [2.45, 2.75) is 19.6 Å². The van der Waals surface area contributed by atoms with E-state index in [9.17, 15) is 8.78 Å². The highest BCUT2D eigenvalue weighted by atomic mass is 19.3. The second-order valence-corrected chi connectivity index (χ2v) is 2.54. The van der Waals surface area contributed by atoms with Crippen LogP contribution in [-0.4, -0.2) is 10.1 Å². The van der Waals surface area contributed by atoms with E-state index < -0.39 is 6.43 Å². The molecule has 0 aromatic carbocycles. The topological polar surface area (TPSA) is 59.1 Å². The first-order valence-electron chi connectivity index (χ1n) is 3.75. The first-order valence-corrected chi connectivity index (χ1v) is 3.75. The maximum atomic E-state index is 12.4. The van der Waals surface area contributed by atoms with Crippen molar-refractivity contribution in [3.8, 4) is 0 Å². The Hall–Kier alpha value is -1.07. The van der Waals surface area contributed by atoms with Gasteiger partial charge in [0.15, 0.2) is 0 Å². The fourth-order valence-electron chi connectivity index (χ4n) is 1.00. The van der Waals surface area contributed by atoms with Crippen LogP contribution < -0.4 is 5.73 Å². The number of pyridine rings is 1. The summed E-state index contributed by atoms with van der Waals surface area (Å²) in [6.07, 6.45) is -1.26. The van der Waals surface area contributed by atoms with Gasteiger partial charge in [0, 0.05) is 18.3 Å². The van der Waals surface area contributed by atoms with Crippen LogP contribution in [0.4, 0.5) is 8.78 Å². The Kier molecular flexibility index (Phi) is 3.27. The first-order chi connectivity index (χ1) is 6.19. The number of nitrogens with two attached hydrogens (primary N) is 1. The van der Waals surface area contributed by atoms with Crippen molar-refractivity contribution >= 4 is 0 Å². The van der Waals surface area contributed by atoms with E-state index >= 15 is 0 Å². The van der Waals surface area contributed by atoms with Crippen LogP contribution in [0.5, 0.6) is 0 Å². The molecule has 0 saturated heterocycles. The molecule has 1 aromatic heterocycles. The lowest BCUT2D eigenvalue weighted by molar-refractivity contribution is 0.149. The van der Waals surface area contributed by atoms with Crippen molar-refractivity contribution < 1.29 is 13.9 Å². The number of alkyl halides is 2. The van der Waals surface area contributed by atoms with Gasteiger partial charge in [-0.2, -0.15) is 0 Å². The molecule has 1 rings (SSSR count). The van der Waals surface area contributed by atoms with Crippen LogP contribution in [0.15, 0.2) is 12.3 Å². The molecule has 13 heavy (non-hydrogen) atoms. The van der Waals surface area contributed by atoms with Crippen LogP contribution in [0.3, 0.4) is 0 Å². The Morgan fingerprint density at radius 2 is 2.23 bits per heavy atom. The number of hydrogen-bond donors (Lipinski definition) is 2. The maximum absolute atomic E-state index is 12.4. The zero-order valence-electron chi connectivity index (χ0n) is 6.87. The lowest BCUT2D eigenvalue weighted by Crippen LogP contribution is -2.06. The third kappa shape index (κ3) is 2.19. The summed E-state index contributed by atoms with van der Waals surface area (Å²) in [7, 11) is 0. The van der Waals surface area contributed by atoms with E-state index in [0.717, 1.165) is 0 Å². The lowest BCUT2D eigenvalue weighted by Gasteiger charge is -2.06. The first kappa shape index (κ1) is 10.0. The van der Waals surface area contributed by atoms with Gasteiger partial charge >= 0.3 is 0 Å². The summed E-state index contributed by atoms with van der Waals surface area (Å²) in [6.45, 7) is -0.317. The van der Waals surface area contributed by atoms with Crippen LogP contribution >= 0.6 is 0 Å². The van der Waals surface area contributed by atoms with Crippen molar-refractivity contribution in [3.63, 3.8) is 0 Å². The summed E-state index contributed by atoms with van der Waals surface area (Å²) in [5.41, 5.74) is 5.56. The molecule has 3 nitrogen and oxygen atoms in total. The molecule has 5 heteroatoms. The van der Waals surface area contributed by atoms with Gasteiger partial charge in [-0.25, -0.2) is 8.78 Å². The average molecular weight is 188 g/mol. The molecule has 0 radical (unpaired) electrons. The van der Waals surface area contributed by atoms with Crippen LogP contribution in [0.1, 0.15) is 23.2 Å². The largest absolute Gasteiger partial charge is 0.392 e. The third-order valence-corrected chi connectivity index (χ3v) is 1.67. The molecule has 0 saturated carbocycles. The van der Waals surface area contributed by atoms with Gasteiger partial charge in [0.05, 0.1) is 12.3 Å². The van der Waals surface area contributed by atoms with Gasteiger partial charge in [0.25, 0.3) is 6.43 Å². The number of nitrogens with zero attached hydrogens (tertiary/aromatic N) is 1. The van der Waals surface area contributed by atoms with Crippen molar-refractivity contribution in [2.75, 3.05) is 0 Å². The average Bonchev–Trinajstić information content (AvgIpc) is 2.16. The Morgan fingerprint density at radius 3 is 2.69 bits per heavy atom. The predicted octanol–water partition coefficient (Wildman–Crippen LogP) is 0.970. The number of aromatic nitrogens is 1. The molecule has 0 bridgehead atoms. The standard InChI is InChI=1S/C8H10F2N2O/c9-8(10)6-1-5(4-13)3-12-7(6)2-11/h1,3,8,13H,2,4,11H2. The molecule has 0 aliphatic carbocycles. The quantitative estimate of drug-likeness (QED) is 0.743. The molecule has 72 valence electrons. The minimum Gasteiger partial charge on any atom is -0.392 e. The van der Waals surface area contributed by atoms with Crippen molar-refractivity contribution in [3.05, 3.63) is 29.1 Å². The van der Waals surface area contributed by atoms with Gasteiger partial charge in [-0.1, -0.05) is 0 Å². The molecule has 0 spiro atoms. The van der Waals surface area contributed by atoms with Crippen molar-refractivity contribution in [1.82, 2.24) is 4.98 Å². The van der Waals surface area contributed by atoms with Gasteiger partial charge in [0.2, 0.25) is 0 Å². The van der Waals surface area contributed by atoms with E-state index in [1.165, 1.54) is 12.3 Å². The van der Waals surface area contributed by atoms with Gasteiger partial charge in [-0.3, -0.25) is 4.98 Å². The van der Waals surface area contributed by atoms with E-state index in [1.807, 2.05) is 0 Å². The molecule has 1 aromatic rings. The van der Waals surface area contributed by atoms with E-state index in [0.29, 0.717) is 5.56 Å². The molecule has 0 aliphatic rings. The van der Waals surface area contributed by atoms with Gasteiger partial charge in [-0.05, 0) is 11.6 Å². The molecule has 0 aliphatic heterocycles.